The summed E-state index contributed by atoms with van der Waals surface area (Å²) in [5.74, 6) is 0.299. The van der Waals surface area contributed by atoms with Gasteiger partial charge in [-0.1, -0.05) is 12.1 Å². The van der Waals surface area contributed by atoms with Crippen LogP contribution in [0.15, 0.2) is 55.2 Å². The summed E-state index contributed by atoms with van der Waals surface area (Å²) in [7, 11) is 2.17. The molecule has 1 fully saturated rings. The molecule has 1 amide bonds. The van der Waals surface area contributed by atoms with E-state index in [4.69, 9.17) is 0 Å². The van der Waals surface area contributed by atoms with Gasteiger partial charge in [-0.25, -0.2) is 4.98 Å². The number of nitrogens with zero attached hydrogens (tertiary/aromatic N) is 6. The van der Waals surface area contributed by atoms with Crippen molar-refractivity contribution in [3.8, 4) is 11.1 Å². The minimum absolute atomic E-state index is 0.201. The maximum atomic E-state index is 12.6. The number of hydrogen-bond donors (Lipinski definition) is 1. The molecule has 1 N–H and O–H groups in total. The van der Waals surface area contributed by atoms with Gasteiger partial charge in [0.25, 0.3) is 5.91 Å². The number of hydrogen-bond acceptors (Lipinski definition) is 5. The van der Waals surface area contributed by atoms with Crippen LogP contribution in [0.5, 0.6) is 0 Å². The predicted molar refractivity (Wildman–Crippen MR) is 129 cm³/mol. The third-order valence-corrected chi connectivity index (χ3v) is 6.35. The lowest BCUT2D eigenvalue weighted by molar-refractivity contribution is 0.102. The Bertz CT molecular complexity index is 1280. The number of benzene rings is 1. The van der Waals surface area contributed by atoms with Gasteiger partial charge in [0.1, 0.15) is 5.82 Å². The molecule has 33 heavy (non-hydrogen) atoms. The Labute approximate surface area is 193 Å². The van der Waals surface area contributed by atoms with Crippen LogP contribution in [0.25, 0.3) is 21.9 Å². The second-order valence-corrected chi connectivity index (χ2v) is 9.13. The number of piperidine rings is 1. The number of rotatable bonds is 5. The second kappa shape index (κ2) is 8.78. The monoisotopic (exact) mass is 443 g/mol. The summed E-state index contributed by atoms with van der Waals surface area (Å²) < 4.78 is 3.88. The highest BCUT2D eigenvalue weighted by atomic mass is 16.1. The molecule has 0 saturated carbocycles. The SMILES string of the molecule is CC(C)n1cc(C(=O)Nc2cc3cc(-c4cnn(C5CCN(C)CC5)c4)ccc3cn2)cn1. The van der Waals surface area contributed by atoms with Crippen molar-refractivity contribution >= 4 is 22.5 Å². The molecule has 8 heteroatoms. The summed E-state index contributed by atoms with van der Waals surface area (Å²) in [6, 6.07) is 8.85. The molecule has 1 saturated heterocycles. The highest BCUT2D eigenvalue weighted by Crippen LogP contribution is 2.28. The molecule has 4 aromatic rings. The molecule has 170 valence electrons. The number of amides is 1. The summed E-state index contributed by atoms with van der Waals surface area (Å²) in [5.41, 5.74) is 2.71. The number of carbonyl (C=O) groups excluding carboxylic acids is 1. The van der Waals surface area contributed by atoms with Gasteiger partial charge < -0.3 is 10.2 Å². The van der Waals surface area contributed by atoms with Gasteiger partial charge in [-0.3, -0.25) is 14.2 Å². The van der Waals surface area contributed by atoms with Gasteiger partial charge >= 0.3 is 0 Å². The van der Waals surface area contributed by atoms with Gasteiger partial charge in [0.2, 0.25) is 0 Å². The van der Waals surface area contributed by atoms with Crippen LogP contribution < -0.4 is 5.32 Å². The number of fused-ring (bicyclic) bond motifs is 1. The minimum atomic E-state index is -0.218. The highest BCUT2D eigenvalue weighted by Gasteiger charge is 2.19. The third kappa shape index (κ3) is 4.52. The molecule has 3 aromatic heterocycles. The number of likely N-dealkylation sites (tertiary alicyclic amines) is 1. The minimum Gasteiger partial charge on any atom is -0.306 e. The second-order valence-electron chi connectivity index (χ2n) is 9.13. The summed E-state index contributed by atoms with van der Waals surface area (Å²) in [5, 5.41) is 13.8. The predicted octanol–water partition coefficient (Wildman–Crippen LogP) is 4.39. The number of nitrogens with one attached hydrogen (secondary N) is 1. The lowest BCUT2D eigenvalue weighted by Crippen LogP contribution is -2.31. The molecule has 8 nitrogen and oxygen atoms in total. The lowest BCUT2D eigenvalue weighted by atomic mass is 10.0. The lowest BCUT2D eigenvalue weighted by Gasteiger charge is -2.28. The van der Waals surface area contributed by atoms with E-state index < -0.39 is 0 Å². The Kier molecular flexibility index (Phi) is 5.68. The van der Waals surface area contributed by atoms with Crippen LogP contribution in [-0.4, -0.2) is 55.5 Å². The Morgan fingerprint density at radius 2 is 1.82 bits per heavy atom. The zero-order valence-electron chi connectivity index (χ0n) is 19.3. The van der Waals surface area contributed by atoms with Crippen LogP contribution >= 0.6 is 0 Å². The number of carbonyl (C=O) groups is 1. The Morgan fingerprint density at radius 3 is 2.58 bits per heavy atom. The molecule has 0 atom stereocenters. The van der Waals surface area contributed by atoms with E-state index in [-0.39, 0.29) is 11.9 Å². The van der Waals surface area contributed by atoms with E-state index in [1.165, 1.54) is 0 Å². The molecule has 1 aliphatic rings. The van der Waals surface area contributed by atoms with Crippen LogP contribution in [0.1, 0.15) is 49.1 Å². The van der Waals surface area contributed by atoms with Gasteiger partial charge in [-0.15, -0.1) is 0 Å². The van der Waals surface area contributed by atoms with Crippen molar-refractivity contribution in [1.29, 1.82) is 0 Å². The summed E-state index contributed by atoms with van der Waals surface area (Å²) in [6.45, 7) is 6.26. The van der Waals surface area contributed by atoms with E-state index in [0.29, 0.717) is 17.4 Å². The first kappa shape index (κ1) is 21.3. The van der Waals surface area contributed by atoms with Gasteiger partial charge in [0, 0.05) is 35.6 Å². The molecule has 0 unspecified atom stereocenters. The van der Waals surface area contributed by atoms with E-state index in [1.54, 1.807) is 23.3 Å². The van der Waals surface area contributed by atoms with Crippen molar-refractivity contribution in [2.45, 2.75) is 38.8 Å². The van der Waals surface area contributed by atoms with Crippen LogP contribution in [0.3, 0.4) is 0 Å². The summed E-state index contributed by atoms with van der Waals surface area (Å²) in [4.78, 5) is 19.4. The van der Waals surface area contributed by atoms with Crippen LogP contribution in [0.4, 0.5) is 5.82 Å². The molecule has 4 heterocycles. The first-order chi connectivity index (χ1) is 16.0. The Balaban J connectivity index is 1.35. The van der Waals surface area contributed by atoms with Crippen LogP contribution in [0, 0.1) is 0 Å². The normalized spacial score (nSPS) is 15.4. The van der Waals surface area contributed by atoms with Gasteiger partial charge in [0.15, 0.2) is 0 Å². The van der Waals surface area contributed by atoms with Gasteiger partial charge in [0.05, 0.1) is 24.0 Å². The van der Waals surface area contributed by atoms with E-state index in [2.05, 4.69) is 61.5 Å². The zero-order valence-corrected chi connectivity index (χ0v) is 19.3. The standard InChI is InChI=1S/C25H29N7O/c1-17(2)31-16-22(14-27-31)25(33)29-24-11-20-10-18(4-5-19(20)12-26-24)21-13-28-32(15-21)23-6-8-30(3)9-7-23/h4-5,10-17,23H,6-9H2,1-3H3,(H,26,29,33). The molecule has 1 aliphatic heterocycles. The van der Waals surface area contributed by atoms with Crippen molar-refractivity contribution in [1.82, 2.24) is 29.4 Å². The quantitative estimate of drug-likeness (QED) is 0.495. The van der Waals surface area contributed by atoms with E-state index in [9.17, 15) is 4.79 Å². The average Bonchev–Trinajstić information content (AvgIpc) is 3.50. The molecule has 0 aliphatic carbocycles. The zero-order chi connectivity index (χ0) is 22.9. The van der Waals surface area contributed by atoms with Gasteiger partial charge in [-0.05, 0) is 69.9 Å². The maximum Gasteiger partial charge on any atom is 0.260 e. The first-order valence-electron chi connectivity index (χ1n) is 11.4. The maximum absolute atomic E-state index is 12.6. The third-order valence-electron chi connectivity index (χ3n) is 6.35. The number of pyridine rings is 1. The molecule has 0 bridgehead atoms. The van der Waals surface area contributed by atoms with Crippen molar-refractivity contribution in [3.63, 3.8) is 0 Å². The smallest absolute Gasteiger partial charge is 0.260 e. The fourth-order valence-corrected chi connectivity index (χ4v) is 4.26. The summed E-state index contributed by atoms with van der Waals surface area (Å²) >= 11 is 0. The van der Waals surface area contributed by atoms with Crippen LogP contribution in [0.2, 0.25) is 0 Å². The van der Waals surface area contributed by atoms with Crippen molar-refractivity contribution in [2.75, 3.05) is 25.5 Å². The Hall–Kier alpha value is -3.52. The number of aromatic nitrogens is 5. The highest BCUT2D eigenvalue weighted by molar-refractivity contribution is 6.04. The van der Waals surface area contributed by atoms with Crippen molar-refractivity contribution in [3.05, 3.63) is 60.8 Å². The molecule has 0 spiro atoms. The van der Waals surface area contributed by atoms with Gasteiger partial charge in [-0.2, -0.15) is 10.2 Å². The topological polar surface area (TPSA) is 80.9 Å². The molecule has 5 rings (SSSR count). The Morgan fingerprint density at radius 1 is 1.00 bits per heavy atom. The molecular formula is C25H29N7O. The molecule has 1 aromatic carbocycles. The van der Waals surface area contributed by atoms with Crippen molar-refractivity contribution in [2.24, 2.45) is 0 Å². The number of anilines is 1. The van der Waals surface area contributed by atoms with E-state index in [0.717, 1.165) is 47.8 Å². The first-order valence-corrected chi connectivity index (χ1v) is 11.4. The van der Waals surface area contributed by atoms with E-state index in [1.807, 2.05) is 26.1 Å². The molecule has 0 radical (unpaired) electrons. The van der Waals surface area contributed by atoms with Crippen LogP contribution in [-0.2, 0) is 0 Å². The fraction of sp³-hybridized carbons (Fsp3) is 0.360. The van der Waals surface area contributed by atoms with E-state index >= 15 is 0 Å². The largest absolute Gasteiger partial charge is 0.306 e. The van der Waals surface area contributed by atoms with Crippen molar-refractivity contribution < 1.29 is 4.79 Å². The fourth-order valence-electron chi connectivity index (χ4n) is 4.26. The average molecular weight is 444 g/mol. The summed E-state index contributed by atoms with van der Waals surface area (Å²) in [6.07, 6.45) is 11.5. The molecular weight excluding hydrogens is 414 g/mol.